The molecule has 110 valence electrons. The lowest BCUT2D eigenvalue weighted by atomic mass is 9.82. The second kappa shape index (κ2) is 6.27. The van der Waals surface area contributed by atoms with Gasteiger partial charge in [-0.1, -0.05) is 35.8 Å². The summed E-state index contributed by atoms with van der Waals surface area (Å²) in [5.41, 5.74) is 1.98. The van der Waals surface area contributed by atoms with E-state index in [4.69, 9.17) is 5.11 Å². The van der Waals surface area contributed by atoms with Gasteiger partial charge in [0.15, 0.2) is 0 Å². The zero-order valence-corrected chi connectivity index (χ0v) is 13.7. The first kappa shape index (κ1) is 15.5. The molecule has 3 nitrogen and oxygen atoms in total. The van der Waals surface area contributed by atoms with Gasteiger partial charge < -0.3 is 5.11 Å². The van der Waals surface area contributed by atoms with Crippen molar-refractivity contribution in [2.45, 2.75) is 39.7 Å². The summed E-state index contributed by atoms with van der Waals surface area (Å²) >= 11 is 3.50. The summed E-state index contributed by atoms with van der Waals surface area (Å²) in [6, 6.07) is 5.30. The van der Waals surface area contributed by atoms with Crippen LogP contribution in [0.2, 0.25) is 0 Å². The van der Waals surface area contributed by atoms with Crippen LogP contribution in [0.15, 0.2) is 22.7 Å². The van der Waals surface area contributed by atoms with E-state index in [1.165, 1.54) is 19.3 Å². The first-order valence-electron chi connectivity index (χ1n) is 7.24. The highest BCUT2D eigenvalue weighted by Gasteiger charge is 2.34. The molecule has 1 N–H and O–H groups in total. The normalized spacial score (nSPS) is 18.4. The van der Waals surface area contributed by atoms with Gasteiger partial charge in [-0.3, -0.25) is 4.90 Å². The van der Waals surface area contributed by atoms with Crippen molar-refractivity contribution in [3.8, 4) is 0 Å². The van der Waals surface area contributed by atoms with E-state index < -0.39 is 5.97 Å². The van der Waals surface area contributed by atoms with Crippen LogP contribution in [0.1, 0.15) is 49.0 Å². The predicted molar refractivity (Wildman–Crippen MR) is 84.0 cm³/mol. The number of hydrogen-bond acceptors (Lipinski definition) is 2. The molecule has 0 radical (unpaired) electrons. The minimum atomic E-state index is -0.880. The van der Waals surface area contributed by atoms with Crippen molar-refractivity contribution >= 4 is 21.9 Å². The summed E-state index contributed by atoms with van der Waals surface area (Å²) in [5, 5.41) is 8.99. The lowest BCUT2D eigenvalue weighted by molar-refractivity contribution is 0.0697. The molecular weight excluding hydrogens is 318 g/mol. The Morgan fingerprint density at radius 2 is 2.10 bits per heavy atom. The van der Waals surface area contributed by atoms with Crippen LogP contribution in [0.25, 0.3) is 0 Å². The molecule has 1 aromatic carbocycles. The number of benzene rings is 1. The minimum absolute atomic E-state index is 0.332. The van der Waals surface area contributed by atoms with Gasteiger partial charge in [-0.15, -0.1) is 0 Å². The van der Waals surface area contributed by atoms with Gasteiger partial charge in [-0.2, -0.15) is 0 Å². The van der Waals surface area contributed by atoms with Gasteiger partial charge in [0, 0.05) is 17.6 Å². The maximum Gasteiger partial charge on any atom is 0.335 e. The van der Waals surface area contributed by atoms with Crippen molar-refractivity contribution in [3.05, 3.63) is 33.8 Å². The first-order valence-corrected chi connectivity index (χ1v) is 8.03. The number of aromatic carboxylic acids is 1. The van der Waals surface area contributed by atoms with E-state index in [0.717, 1.165) is 29.7 Å². The number of carbonyl (C=O) groups is 1. The maximum absolute atomic E-state index is 10.9. The Hall–Kier alpha value is -0.870. The molecule has 1 aliphatic rings. The van der Waals surface area contributed by atoms with Crippen LogP contribution in [0.5, 0.6) is 0 Å². The number of nitrogens with zero attached hydrogens (tertiary/aromatic N) is 1. The largest absolute Gasteiger partial charge is 0.478 e. The standard InChI is InChI=1S/C16H22BrNO2/c1-3-16(4-2)7-8-18(11-16)10-13-6-5-12(15(19)20)9-14(13)17/h5-6,9H,3-4,7-8,10-11H2,1-2H3,(H,19,20). The summed E-state index contributed by atoms with van der Waals surface area (Å²) in [7, 11) is 0. The molecule has 0 bridgehead atoms. The van der Waals surface area contributed by atoms with E-state index >= 15 is 0 Å². The highest BCUT2D eigenvalue weighted by molar-refractivity contribution is 9.10. The molecule has 1 fully saturated rings. The van der Waals surface area contributed by atoms with Gasteiger partial charge in [0.2, 0.25) is 0 Å². The first-order chi connectivity index (χ1) is 9.49. The van der Waals surface area contributed by atoms with E-state index in [1.807, 2.05) is 6.07 Å². The number of carboxylic acids is 1. The molecule has 0 spiro atoms. The third-order valence-electron chi connectivity index (χ3n) is 4.71. The third kappa shape index (κ3) is 3.23. The molecule has 0 unspecified atom stereocenters. The summed E-state index contributed by atoms with van der Waals surface area (Å²) in [6.45, 7) is 7.74. The van der Waals surface area contributed by atoms with Crippen LogP contribution in [0, 0.1) is 5.41 Å². The molecule has 0 atom stereocenters. The van der Waals surface area contributed by atoms with Crippen LogP contribution >= 0.6 is 15.9 Å². The van der Waals surface area contributed by atoms with Crippen molar-refractivity contribution in [3.63, 3.8) is 0 Å². The maximum atomic E-state index is 10.9. The van der Waals surface area contributed by atoms with E-state index in [2.05, 4.69) is 34.7 Å². The summed E-state index contributed by atoms with van der Waals surface area (Å²) < 4.78 is 0.892. The second-order valence-electron chi connectivity index (χ2n) is 5.78. The van der Waals surface area contributed by atoms with E-state index in [1.54, 1.807) is 12.1 Å². The van der Waals surface area contributed by atoms with Crippen LogP contribution in [-0.4, -0.2) is 29.1 Å². The van der Waals surface area contributed by atoms with E-state index in [0.29, 0.717) is 11.0 Å². The molecule has 0 amide bonds. The van der Waals surface area contributed by atoms with Crippen LogP contribution in [-0.2, 0) is 6.54 Å². The molecule has 0 saturated carbocycles. The highest BCUT2D eigenvalue weighted by Crippen LogP contribution is 2.37. The summed E-state index contributed by atoms with van der Waals surface area (Å²) in [4.78, 5) is 13.4. The van der Waals surface area contributed by atoms with Crippen molar-refractivity contribution in [2.24, 2.45) is 5.41 Å². The Bertz CT molecular complexity index is 497. The van der Waals surface area contributed by atoms with Crippen molar-refractivity contribution in [2.75, 3.05) is 13.1 Å². The van der Waals surface area contributed by atoms with Gasteiger partial charge in [0.1, 0.15) is 0 Å². The Labute approximate surface area is 129 Å². The van der Waals surface area contributed by atoms with Gasteiger partial charge in [0.25, 0.3) is 0 Å². The average molecular weight is 340 g/mol. The molecule has 1 aliphatic heterocycles. The van der Waals surface area contributed by atoms with Gasteiger partial charge in [0.05, 0.1) is 5.56 Å². The molecule has 20 heavy (non-hydrogen) atoms. The molecular formula is C16H22BrNO2. The highest BCUT2D eigenvalue weighted by atomic mass is 79.9. The molecule has 4 heteroatoms. The van der Waals surface area contributed by atoms with Crippen LogP contribution in [0.4, 0.5) is 0 Å². The number of carboxylic acid groups (broad SMARTS) is 1. The Kier molecular flexibility index (Phi) is 4.86. The molecule has 1 heterocycles. The van der Waals surface area contributed by atoms with E-state index in [9.17, 15) is 4.79 Å². The fourth-order valence-electron chi connectivity index (χ4n) is 3.04. The Morgan fingerprint density at radius 3 is 2.60 bits per heavy atom. The fourth-order valence-corrected chi connectivity index (χ4v) is 3.54. The van der Waals surface area contributed by atoms with Gasteiger partial charge in [-0.25, -0.2) is 4.79 Å². The number of halogens is 1. The smallest absolute Gasteiger partial charge is 0.335 e. The zero-order valence-electron chi connectivity index (χ0n) is 12.2. The molecule has 1 saturated heterocycles. The quantitative estimate of drug-likeness (QED) is 0.875. The summed E-state index contributed by atoms with van der Waals surface area (Å²) in [6.07, 6.45) is 3.74. The second-order valence-corrected chi connectivity index (χ2v) is 6.63. The molecule has 1 aromatic rings. The van der Waals surface area contributed by atoms with Crippen molar-refractivity contribution in [1.82, 2.24) is 4.90 Å². The summed E-state index contributed by atoms with van der Waals surface area (Å²) in [5.74, 6) is -0.880. The Balaban J connectivity index is 2.06. The third-order valence-corrected chi connectivity index (χ3v) is 5.45. The Morgan fingerprint density at radius 1 is 1.40 bits per heavy atom. The fraction of sp³-hybridized carbons (Fsp3) is 0.562. The monoisotopic (exact) mass is 339 g/mol. The number of rotatable bonds is 5. The van der Waals surface area contributed by atoms with E-state index in [-0.39, 0.29) is 0 Å². The molecule has 2 rings (SSSR count). The lowest BCUT2D eigenvalue weighted by Gasteiger charge is -2.26. The van der Waals surface area contributed by atoms with Crippen LogP contribution in [0.3, 0.4) is 0 Å². The molecule has 0 aromatic heterocycles. The SMILES string of the molecule is CCC1(CC)CCN(Cc2ccc(C(=O)O)cc2Br)C1. The topological polar surface area (TPSA) is 40.5 Å². The number of hydrogen-bond donors (Lipinski definition) is 1. The zero-order chi connectivity index (χ0) is 14.8. The predicted octanol–water partition coefficient (Wildman–Crippen LogP) is 4.16. The van der Waals surface area contributed by atoms with Crippen molar-refractivity contribution in [1.29, 1.82) is 0 Å². The van der Waals surface area contributed by atoms with Gasteiger partial charge in [-0.05, 0) is 48.9 Å². The molecule has 0 aliphatic carbocycles. The number of likely N-dealkylation sites (tertiary alicyclic amines) is 1. The van der Waals surface area contributed by atoms with Crippen LogP contribution < -0.4 is 0 Å². The van der Waals surface area contributed by atoms with Crippen molar-refractivity contribution < 1.29 is 9.90 Å². The average Bonchev–Trinajstić information content (AvgIpc) is 2.85. The minimum Gasteiger partial charge on any atom is -0.478 e. The lowest BCUT2D eigenvalue weighted by Crippen LogP contribution is -2.26. The van der Waals surface area contributed by atoms with Gasteiger partial charge >= 0.3 is 5.97 Å².